The highest BCUT2D eigenvalue weighted by molar-refractivity contribution is 5.78. The van der Waals surface area contributed by atoms with Crippen molar-refractivity contribution in [2.24, 2.45) is 0 Å². The average molecular weight is 294 g/mol. The molecule has 1 aromatic rings. The van der Waals surface area contributed by atoms with Gasteiger partial charge in [-0.15, -0.1) is 0 Å². The molecule has 0 radical (unpaired) electrons. The third-order valence-electron chi connectivity index (χ3n) is 3.95. The highest BCUT2D eigenvalue weighted by Crippen LogP contribution is 2.30. The summed E-state index contributed by atoms with van der Waals surface area (Å²) in [6.07, 6.45) is 5.02. The first-order chi connectivity index (χ1) is 9.99. The monoisotopic (exact) mass is 294 g/mol. The fourth-order valence-corrected chi connectivity index (χ4v) is 2.61. The van der Waals surface area contributed by atoms with E-state index in [9.17, 15) is 14.7 Å². The Morgan fingerprint density at radius 2 is 2.10 bits per heavy atom. The fraction of sp³-hybridized carbons (Fsp3) is 0.643. The summed E-state index contributed by atoms with van der Waals surface area (Å²) in [5.41, 5.74) is -0.116. The smallest absolute Gasteiger partial charge is 0.331 e. The van der Waals surface area contributed by atoms with Crippen LogP contribution in [-0.2, 0) is 10.3 Å². The number of nitrogens with one attached hydrogen (secondary N) is 1. The molecule has 1 aliphatic heterocycles. The Bertz CT molecular complexity index is 518. The minimum atomic E-state index is -1.05. The number of rotatable bonds is 4. The van der Waals surface area contributed by atoms with Crippen molar-refractivity contribution in [2.45, 2.75) is 38.6 Å². The number of aryl methyl sites for hydroxylation is 1. The summed E-state index contributed by atoms with van der Waals surface area (Å²) in [4.78, 5) is 25.4. The molecular formula is C14H22N4O3. The van der Waals surface area contributed by atoms with Gasteiger partial charge in [0.25, 0.3) is 0 Å². The summed E-state index contributed by atoms with van der Waals surface area (Å²) < 4.78 is 1.53. The molecule has 0 saturated carbocycles. The predicted molar refractivity (Wildman–Crippen MR) is 77.1 cm³/mol. The van der Waals surface area contributed by atoms with Gasteiger partial charge < -0.3 is 15.3 Å². The van der Waals surface area contributed by atoms with Crippen molar-refractivity contribution in [1.82, 2.24) is 20.0 Å². The van der Waals surface area contributed by atoms with Crippen LogP contribution in [0, 0.1) is 6.92 Å². The van der Waals surface area contributed by atoms with Gasteiger partial charge in [-0.2, -0.15) is 5.10 Å². The van der Waals surface area contributed by atoms with E-state index in [1.165, 1.54) is 4.68 Å². The Hall–Kier alpha value is -2.05. The van der Waals surface area contributed by atoms with Gasteiger partial charge in [0.2, 0.25) is 0 Å². The summed E-state index contributed by atoms with van der Waals surface area (Å²) in [5.74, 6) is -0.890. The van der Waals surface area contributed by atoms with Crippen molar-refractivity contribution in [3.63, 3.8) is 0 Å². The second-order valence-corrected chi connectivity index (χ2v) is 5.52. The first-order valence-corrected chi connectivity index (χ1v) is 7.27. The van der Waals surface area contributed by atoms with Gasteiger partial charge in [0, 0.05) is 38.7 Å². The van der Waals surface area contributed by atoms with E-state index in [0.29, 0.717) is 32.5 Å². The molecule has 1 aliphatic rings. The van der Waals surface area contributed by atoms with Crippen molar-refractivity contribution in [3.8, 4) is 0 Å². The summed E-state index contributed by atoms with van der Waals surface area (Å²) >= 11 is 0. The van der Waals surface area contributed by atoms with Gasteiger partial charge in [0.05, 0.1) is 6.20 Å². The molecule has 7 heteroatoms. The lowest BCUT2D eigenvalue weighted by Crippen LogP contribution is -2.54. The standard InChI is InChI=1S/C14H22N4O3/c1-3-6-15-13(21)17-7-4-14(5-8-17,12(19)20)18-10-11(2)9-16-18/h9-10H,3-8H2,1-2H3,(H,15,21)(H,19,20). The number of aliphatic carboxylic acids is 1. The lowest BCUT2D eigenvalue weighted by Gasteiger charge is -2.38. The largest absolute Gasteiger partial charge is 0.479 e. The van der Waals surface area contributed by atoms with E-state index in [1.54, 1.807) is 17.3 Å². The molecule has 0 aromatic carbocycles. The third-order valence-corrected chi connectivity index (χ3v) is 3.95. The van der Waals surface area contributed by atoms with Gasteiger partial charge in [-0.1, -0.05) is 6.92 Å². The summed E-state index contributed by atoms with van der Waals surface area (Å²) in [6.45, 7) is 5.34. The van der Waals surface area contributed by atoms with Crippen molar-refractivity contribution in [1.29, 1.82) is 0 Å². The molecule has 1 aromatic heterocycles. The first-order valence-electron chi connectivity index (χ1n) is 7.27. The Morgan fingerprint density at radius 1 is 1.43 bits per heavy atom. The van der Waals surface area contributed by atoms with Crippen LogP contribution in [0.3, 0.4) is 0 Å². The van der Waals surface area contributed by atoms with Crippen LogP contribution in [0.4, 0.5) is 4.79 Å². The Kier molecular flexibility index (Phi) is 4.50. The van der Waals surface area contributed by atoms with E-state index in [4.69, 9.17) is 0 Å². The van der Waals surface area contributed by atoms with Crippen LogP contribution in [0.25, 0.3) is 0 Å². The number of likely N-dealkylation sites (tertiary alicyclic amines) is 1. The lowest BCUT2D eigenvalue weighted by atomic mass is 9.87. The van der Waals surface area contributed by atoms with Gasteiger partial charge in [0.15, 0.2) is 5.54 Å². The number of carbonyl (C=O) groups is 2. The SMILES string of the molecule is CCCNC(=O)N1CCC(C(=O)O)(n2cc(C)cn2)CC1. The molecule has 2 N–H and O–H groups in total. The van der Waals surface area contributed by atoms with Crippen LogP contribution in [0.5, 0.6) is 0 Å². The maximum Gasteiger partial charge on any atom is 0.331 e. The molecule has 2 amide bonds. The minimum absolute atomic E-state index is 0.118. The molecule has 0 aliphatic carbocycles. The van der Waals surface area contributed by atoms with Crippen LogP contribution in [0.15, 0.2) is 12.4 Å². The zero-order valence-electron chi connectivity index (χ0n) is 12.5. The number of urea groups is 1. The number of amides is 2. The second kappa shape index (κ2) is 6.15. The number of nitrogens with zero attached hydrogens (tertiary/aromatic N) is 3. The second-order valence-electron chi connectivity index (χ2n) is 5.52. The highest BCUT2D eigenvalue weighted by Gasteiger charge is 2.44. The maximum absolute atomic E-state index is 11.9. The van der Waals surface area contributed by atoms with E-state index in [2.05, 4.69) is 10.4 Å². The highest BCUT2D eigenvalue weighted by atomic mass is 16.4. The van der Waals surface area contributed by atoms with Gasteiger partial charge >= 0.3 is 12.0 Å². The normalized spacial score (nSPS) is 17.5. The molecule has 0 unspecified atom stereocenters. The predicted octanol–water partition coefficient (Wildman–Crippen LogP) is 1.19. The maximum atomic E-state index is 11.9. The third kappa shape index (κ3) is 3.01. The van der Waals surface area contributed by atoms with E-state index < -0.39 is 11.5 Å². The van der Waals surface area contributed by atoms with Crippen molar-refractivity contribution in [2.75, 3.05) is 19.6 Å². The van der Waals surface area contributed by atoms with Gasteiger partial charge in [-0.3, -0.25) is 4.68 Å². The molecule has 1 saturated heterocycles. The fourth-order valence-electron chi connectivity index (χ4n) is 2.61. The number of aromatic nitrogens is 2. The lowest BCUT2D eigenvalue weighted by molar-refractivity contribution is -0.150. The van der Waals surface area contributed by atoms with Gasteiger partial charge in [-0.25, -0.2) is 9.59 Å². The van der Waals surface area contributed by atoms with Crippen molar-refractivity contribution < 1.29 is 14.7 Å². The van der Waals surface area contributed by atoms with Crippen LogP contribution in [-0.4, -0.2) is 51.4 Å². The van der Waals surface area contributed by atoms with Gasteiger partial charge in [0.1, 0.15) is 0 Å². The number of carboxylic acid groups (broad SMARTS) is 1. The molecule has 1 fully saturated rings. The molecule has 2 rings (SSSR count). The average Bonchev–Trinajstić information content (AvgIpc) is 2.91. The summed E-state index contributed by atoms with van der Waals surface area (Å²) in [6, 6.07) is -0.118. The Morgan fingerprint density at radius 3 is 2.57 bits per heavy atom. The van der Waals surface area contributed by atoms with Crippen molar-refractivity contribution >= 4 is 12.0 Å². The number of hydrogen-bond acceptors (Lipinski definition) is 3. The van der Waals surface area contributed by atoms with Crippen LogP contribution in [0.2, 0.25) is 0 Å². The molecule has 7 nitrogen and oxygen atoms in total. The topological polar surface area (TPSA) is 87.5 Å². The number of piperidine rings is 1. The number of carbonyl (C=O) groups excluding carboxylic acids is 1. The molecule has 0 spiro atoms. The van der Waals surface area contributed by atoms with Crippen molar-refractivity contribution in [3.05, 3.63) is 18.0 Å². The zero-order chi connectivity index (χ0) is 15.5. The van der Waals surface area contributed by atoms with E-state index in [1.807, 2.05) is 13.8 Å². The quantitative estimate of drug-likeness (QED) is 0.873. The number of carboxylic acids is 1. The molecule has 0 atom stereocenters. The summed E-state index contributed by atoms with van der Waals surface area (Å²) in [7, 11) is 0. The minimum Gasteiger partial charge on any atom is -0.479 e. The van der Waals surface area contributed by atoms with Gasteiger partial charge in [-0.05, 0) is 18.9 Å². The van der Waals surface area contributed by atoms with E-state index in [0.717, 1.165) is 12.0 Å². The van der Waals surface area contributed by atoms with Crippen LogP contribution >= 0.6 is 0 Å². The molecule has 0 bridgehead atoms. The van der Waals surface area contributed by atoms with Crippen LogP contribution in [0.1, 0.15) is 31.7 Å². The van der Waals surface area contributed by atoms with Crippen LogP contribution < -0.4 is 5.32 Å². The molecule has 116 valence electrons. The Balaban J connectivity index is 2.08. The molecule has 21 heavy (non-hydrogen) atoms. The summed E-state index contributed by atoms with van der Waals surface area (Å²) in [5, 5.41) is 16.6. The van der Waals surface area contributed by atoms with E-state index >= 15 is 0 Å². The Labute approximate surface area is 123 Å². The number of hydrogen-bond donors (Lipinski definition) is 2. The van der Waals surface area contributed by atoms with E-state index in [-0.39, 0.29) is 6.03 Å². The first kappa shape index (κ1) is 15.3. The molecule has 2 heterocycles. The molecular weight excluding hydrogens is 272 g/mol. The zero-order valence-corrected chi connectivity index (χ0v) is 12.5.